The number of hydrogen-bond acceptors (Lipinski definition) is 6. The lowest BCUT2D eigenvalue weighted by molar-refractivity contribution is -0.131. The molecule has 5 nitrogen and oxygen atoms in total. The molecule has 1 aliphatic rings. The molecular weight excluding hydrogens is 340 g/mol. The topological polar surface area (TPSA) is 49.3 Å². The van der Waals surface area contributed by atoms with E-state index in [1.54, 1.807) is 33.8 Å². The fraction of sp³-hybridized carbons (Fsp3) is 0.353. The van der Waals surface area contributed by atoms with Gasteiger partial charge < -0.3 is 9.80 Å². The number of thiazole rings is 2. The van der Waals surface area contributed by atoms with Crippen LogP contribution in [0.2, 0.25) is 0 Å². The molecule has 7 heteroatoms. The summed E-state index contributed by atoms with van der Waals surface area (Å²) in [5.74, 6) is 0.155. The van der Waals surface area contributed by atoms with E-state index in [1.165, 1.54) is 4.70 Å². The maximum Gasteiger partial charge on any atom is 0.245 e. The number of hydrogen-bond donors (Lipinski definition) is 0. The second-order valence-electron chi connectivity index (χ2n) is 5.94. The number of benzene rings is 1. The van der Waals surface area contributed by atoms with Crippen molar-refractivity contribution in [2.24, 2.45) is 0 Å². The van der Waals surface area contributed by atoms with Gasteiger partial charge in [-0.3, -0.25) is 4.79 Å². The number of anilines is 1. The Hall–Kier alpha value is -1.99. The van der Waals surface area contributed by atoms with Crippen LogP contribution < -0.4 is 4.90 Å². The molecule has 3 aromatic rings. The molecule has 1 fully saturated rings. The first-order valence-corrected chi connectivity index (χ1v) is 9.67. The van der Waals surface area contributed by atoms with Crippen LogP contribution in [0.15, 0.2) is 35.8 Å². The second kappa shape index (κ2) is 6.49. The summed E-state index contributed by atoms with van der Waals surface area (Å²) < 4.78 is 1.17. The number of aromatic nitrogens is 2. The Bertz CT molecular complexity index is 812. The Morgan fingerprint density at radius 1 is 1.42 bits per heavy atom. The monoisotopic (exact) mass is 358 g/mol. The highest BCUT2D eigenvalue weighted by Gasteiger charge is 2.34. The average Bonchev–Trinajstić information content (AvgIpc) is 3.32. The number of carbonyl (C=O) groups excluding carboxylic acids is 1. The van der Waals surface area contributed by atoms with Gasteiger partial charge in [0.1, 0.15) is 11.0 Å². The van der Waals surface area contributed by atoms with Crippen LogP contribution in [-0.2, 0) is 11.3 Å². The van der Waals surface area contributed by atoms with Crippen molar-refractivity contribution in [3.63, 3.8) is 0 Å². The molecule has 1 amide bonds. The van der Waals surface area contributed by atoms with Crippen LogP contribution >= 0.6 is 22.7 Å². The maximum atomic E-state index is 12.9. The summed E-state index contributed by atoms with van der Waals surface area (Å²) in [6.07, 6.45) is 3.72. The van der Waals surface area contributed by atoms with Gasteiger partial charge in [-0.2, -0.15) is 0 Å². The summed E-state index contributed by atoms with van der Waals surface area (Å²) in [5.41, 5.74) is 1.00. The van der Waals surface area contributed by atoms with E-state index in [1.807, 2.05) is 30.6 Å². The van der Waals surface area contributed by atoms with Gasteiger partial charge in [0.05, 0.1) is 16.8 Å². The Morgan fingerprint density at radius 3 is 3.08 bits per heavy atom. The zero-order valence-corrected chi connectivity index (χ0v) is 15.0. The number of amides is 1. The highest BCUT2D eigenvalue weighted by molar-refractivity contribution is 7.18. The third-order valence-electron chi connectivity index (χ3n) is 4.29. The lowest BCUT2D eigenvalue weighted by Crippen LogP contribution is -2.43. The Labute approximate surface area is 148 Å². The van der Waals surface area contributed by atoms with Crippen molar-refractivity contribution in [2.75, 3.05) is 18.5 Å². The molecule has 0 spiro atoms. The third kappa shape index (κ3) is 2.89. The fourth-order valence-electron chi connectivity index (χ4n) is 3.13. The molecular formula is C17H18N4OS2. The summed E-state index contributed by atoms with van der Waals surface area (Å²) in [4.78, 5) is 25.8. The predicted octanol–water partition coefficient (Wildman–Crippen LogP) is 3.38. The van der Waals surface area contributed by atoms with Gasteiger partial charge in [-0.15, -0.1) is 22.7 Å². The van der Waals surface area contributed by atoms with Gasteiger partial charge in [0.15, 0.2) is 5.13 Å². The SMILES string of the molecule is CN(Cc1nc2ccccc2s1)C(=O)[C@@H]1CCCN1c1nccs1. The summed E-state index contributed by atoms with van der Waals surface area (Å²) in [7, 11) is 1.87. The van der Waals surface area contributed by atoms with Gasteiger partial charge in [0.2, 0.25) is 5.91 Å². The molecule has 3 heterocycles. The van der Waals surface area contributed by atoms with E-state index >= 15 is 0 Å². The maximum absolute atomic E-state index is 12.9. The first kappa shape index (κ1) is 15.5. The van der Waals surface area contributed by atoms with Crippen molar-refractivity contribution in [1.82, 2.24) is 14.9 Å². The van der Waals surface area contributed by atoms with Crippen LogP contribution in [0.25, 0.3) is 10.2 Å². The van der Waals surface area contributed by atoms with Crippen LogP contribution in [0, 0.1) is 0 Å². The van der Waals surface area contributed by atoms with Gasteiger partial charge in [-0.1, -0.05) is 12.1 Å². The number of carbonyl (C=O) groups is 1. The lowest BCUT2D eigenvalue weighted by Gasteiger charge is -2.27. The van der Waals surface area contributed by atoms with Crippen LogP contribution in [0.4, 0.5) is 5.13 Å². The number of nitrogens with zero attached hydrogens (tertiary/aromatic N) is 4. The zero-order valence-electron chi connectivity index (χ0n) is 13.4. The largest absolute Gasteiger partial charge is 0.337 e. The molecule has 1 atom stereocenters. The molecule has 0 radical (unpaired) electrons. The quantitative estimate of drug-likeness (QED) is 0.717. The number of para-hydroxylation sites is 1. The normalized spacial score (nSPS) is 17.5. The van der Waals surface area contributed by atoms with Gasteiger partial charge in [-0.05, 0) is 25.0 Å². The van der Waals surface area contributed by atoms with E-state index in [0.29, 0.717) is 6.54 Å². The molecule has 124 valence electrons. The summed E-state index contributed by atoms with van der Waals surface area (Å²) in [5, 5.41) is 3.88. The number of likely N-dealkylation sites (N-methyl/N-ethyl adjacent to an activating group) is 1. The minimum absolute atomic E-state index is 0.101. The van der Waals surface area contributed by atoms with Crippen LogP contribution in [0.1, 0.15) is 17.8 Å². The first-order chi connectivity index (χ1) is 11.7. The first-order valence-electron chi connectivity index (χ1n) is 7.98. The van der Waals surface area contributed by atoms with Gasteiger partial charge in [-0.25, -0.2) is 9.97 Å². The number of rotatable bonds is 4. The van der Waals surface area contributed by atoms with E-state index in [4.69, 9.17) is 0 Å². The Balaban J connectivity index is 1.49. The zero-order chi connectivity index (χ0) is 16.5. The van der Waals surface area contributed by atoms with Crippen LogP contribution in [-0.4, -0.2) is 40.4 Å². The molecule has 0 saturated carbocycles. The molecule has 0 aliphatic carbocycles. The van der Waals surface area contributed by atoms with Crippen molar-refractivity contribution in [3.8, 4) is 0 Å². The van der Waals surface area contributed by atoms with E-state index in [9.17, 15) is 4.79 Å². The minimum Gasteiger partial charge on any atom is -0.337 e. The van der Waals surface area contributed by atoms with Gasteiger partial charge >= 0.3 is 0 Å². The lowest BCUT2D eigenvalue weighted by atomic mass is 10.2. The molecule has 0 bridgehead atoms. The Kier molecular flexibility index (Phi) is 4.20. The number of fused-ring (bicyclic) bond motifs is 1. The fourth-order valence-corrected chi connectivity index (χ4v) is 4.87. The van der Waals surface area contributed by atoms with Crippen molar-refractivity contribution in [1.29, 1.82) is 0 Å². The smallest absolute Gasteiger partial charge is 0.245 e. The molecule has 0 unspecified atom stereocenters. The minimum atomic E-state index is -0.101. The highest BCUT2D eigenvalue weighted by atomic mass is 32.1. The molecule has 2 aromatic heterocycles. The van der Waals surface area contributed by atoms with Crippen LogP contribution in [0.5, 0.6) is 0 Å². The molecule has 24 heavy (non-hydrogen) atoms. The summed E-state index contributed by atoms with van der Waals surface area (Å²) in [6.45, 7) is 1.46. The molecule has 4 rings (SSSR count). The Morgan fingerprint density at radius 2 is 2.29 bits per heavy atom. The van der Waals surface area contributed by atoms with Crippen molar-refractivity contribution in [2.45, 2.75) is 25.4 Å². The second-order valence-corrected chi connectivity index (χ2v) is 7.92. The predicted molar refractivity (Wildman–Crippen MR) is 98.6 cm³/mol. The molecule has 1 saturated heterocycles. The van der Waals surface area contributed by atoms with E-state index in [0.717, 1.165) is 35.0 Å². The van der Waals surface area contributed by atoms with E-state index in [2.05, 4.69) is 20.9 Å². The average molecular weight is 358 g/mol. The van der Waals surface area contributed by atoms with E-state index < -0.39 is 0 Å². The van der Waals surface area contributed by atoms with Gasteiger partial charge in [0.25, 0.3) is 0 Å². The third-order valence-corrected chi connectivity index (χ3v) is 6.12. The van der Waals surface area contributed by atoms with Crippen molar-refractivity contribution < 1.29 is 4.79 Å². The van der Waals surface area contributed by atoms with Crippen LogP contribution in [0.3, 0.4) is 0 Å². The van der Waals surface area contributed by atoms with Crippen molar-refractivity contribution >= 4 is 43.9 Å². The standard InChI is InChI=1S/C17H18N4OS2/c1-20(11-15-19-12-5-2-3-7-14(12)24-15)16(22)13-6-4-9-21(13)17-18-8-10-23-17/h2-3,5,7-8,10,13H,4,6,9,11H2,1H3/t13-/m0/s1. The summed E-state index contributed by atoms with van der Waals surface area (Å²) in [6, 6.07) is 7.99. The summed E-state index contributed by atoms with van der Waals surface area (Å²) >= 11 is 3.25. The van der Waals surface area contributed by atoms with Gasteiger partial charge in [0, 0.05) is 25.2 Å². The molecule has 1 aromatic carbocycles. The van der Waals surface area contributed by atoms with E-state index in [-0.39, 0.29) is 11.9 Å². The highest BCUT2D eigenvalue weighted by Crippen LogP contribution is 2.29. The molecule has 1 aliphatic heterocycles. The molecule has 0 N–H and O–H groups in total. The van der Waals surface area contributed by atoms with Crippen molar-refractivity contribution in [3.05, 3.63) is 40.8 Å².